The molecule has 0 unspecified atom stereocenters. The minimum Gasteiger partial charge on any atom is -0.444 e. The number of piperidine rings is 1. The molecule has 1 saturated heterocycles. The van der Waals surface area contributed by atoms with E-state index in [1.807, 2.05) is 38.1 Å². The van der Waals surface area contributed by atoms with Crippen molar-refractivity contribution in [2.75, 3.05) is 18.0 Å². The molecule has 0 spiro atoms. The second-order valence-electron chi connectivity index (χ2n) is 8.69. The molecule has 0 bridgehead atoms. The van der Waals surface area contributed by atoms with Crippen molar-refractivity contribution in [2.24, 2.45) is 0 Å². The van der Waals surface area contributed by atoms with Gasteiger partial charge in [-0.1, -0.05) is 26.0 Å². The Labute approximate surface area is 181 Å². The first-order valence-corrected chi connectivity index (χ1v) is 11.0. The summed E-state index contributed by atoms with van der Waals surface area (Å²) in [5.74, 6) is 2.37. The number of anilines is 1. The van der Waals surface area contributed by atoms with Gasteiger partial charge in [0.1, 0.15) is 0 Å². The van der Waals surface area contributed by atoms with Crippen LogP contribution < -0.4 is 4.90 Å². The molecule has 3 heterocycles. The number of hydrogen-bond acceptors (Lipinski definition) is 7. The van der Waals surface area contributed by atoms with Crippen LogP contribution in [0.5, 0.6) is 0 Å². The van der Waals surface area contributed by atoms with Gasteiger partial charge in [-0.15, -0.1) is 0 Å². The van der Waals surface area contributed by atoms with E-state index in [0.29, 0.717) is 23.6 Å². The summed E-state index contributed by atoms with van der Waals surface area (Å²) in [6.45, 7) is 5.73. The first-order chi connectivity index (χ1) is 15.1. The average molecular weight is 422 g/mol. The van der Waals surface area contributed by atoms with E-state index in [1.54, 1.807) is 6.20 Å². The highest BCUT2D eigenvalue weighted by Crippen LogP contribution is 2.34. The molecule has 1 aromatic carbocycles. The third-order valence-corrected chi connectivity index (χ3v) is 6.09. The summed E-state index contributed by atoms with van der Waals surface area (Å²) in [5, 5.41) is 4.14. The fourth-order valence-electron chi connectivity index (χ4n) is 4.20. The number of carbonyl (C=O) groups excluding carboxylic acids is 1. The predicted molar refractivity (Wildman–Crippen MR) is 115 cm³/mol. The Bertz CT molecular complexity index is 1020. The quantitative estimate of drug-likeness (QED) is 0.591. The van der Waals surface area contributed by atoms with E-state index in [0.717, 1.165) is 49.9 Å². The molecule has 0 radical (unpaired) electrons. The average Bonchev–Trinajstić information content (AvgIpc) is 3.27. The zero-order valence-electron chi connectivity index (χ0n) is 17.9. The van der Waals surface area contributed by atoms with E-state index in [4.69, 9.17) is 8.94 Å². The van der Waals surface area contributed by atoms with Gasteiger partial charge >= 0.3 is 0 Å². The maximum Gasteiger partial charge on any atom is 0.266 e. The normalized spacial score (nSPS) is 17.3. The van der Waals surface area contributed by atoms with Gasteiger partial charge < -0.3 is 18.7 Å². The van der Waals surface area contributed by atoms with Gasteiger partial charge in [-0.3, -0.25) is 4.79 Å². The lowest BCUT2D eigenvalue weighted by Gasteiger charge is -2.38. The molecule has 8 heteroatoms. The third-order valence-electron chi connectivity index (χ3n) is 6.09. The Balaban J connectivity index is 1.26. The lowest BCUT2D eigenvalue weighted by Crippen LogP contribution is -2.48. The van der Waals surface area contributed by atoms with E-state index in [2.05, 4.69) is 24.9 Å². The van der Waals surface area contributed by atoms with Crippen molar-refractivity contribution in [1.82, 2.24) is 20.0 Å². The number of amides is 1. The van der Waals surface area contributed by atoms with Crippen LogP contribution >= 0.6 is 0 Å². The summed E-state index contributed by atoms with van der Waals surface area (Å²) in [6, 6.07) is 8.21. The molecule has 31 heavy (non-hydrogen) atoms. The summed E-state index contributed by atoms with van der Waals surface area (Å²) >= 11 is 0. The highest BCUT2D eigenvalue weighted by atomic mass is 16.5. The zero-order chi connectivity index (χ0) is 21.4. The van der Waals surface area contributed by atoms with Crippen LogP contribution in [0.4, 0.5) is 5.95 Å². The summed E-state index contributed by atoms with van der Waals surface area (Å²) in [7, 11) is 0. The van der Waals surface area contributed by atoms with Crippen LogP contribution in [0.1, 0.15) is 61.7 Å². The molecule has 0 atom stereocenters. The van der Waals surface area contributed by atoms with Gasteiger partial charge in [0.25, 0.3) is 11.9 Å². The number of hydrogen-bond donors (Lipinski definition) is 0. The first kappa shape index (κ1) is 19.8. The van der Waals surface area contributed by atoms with Crippen LogP contribution in [0.25, 0.3) is 11.3 Å². The second-order valence-corrected chi connectivity index (χ2v) is 8.69. The van der Waals surface area contributed by atoms with Crippen LogP contribution in [0.15, 0.2) is 45.8 Å². The van der Waals surface area contributed by atoms with Crippen LogP contribution in [-0.4, -0.2) is 51.1 Å². The summed E-state index contributed by atoms with van der Waals surface area (Å²) in [4.78, 5) is 26.1. The molecular formula is C23H27N5O3. The molecule has 1 aliphatic carbocycles. The standard InChI is InChI=1S/C23H27N5O3/c1-15(2)21-25-23(26-31-21)27-11-9-19(10-12-27)28(18-7-8-18)22(29)17-5-3-16(4-6-17)20-13-24-14-30-20/h3-6,13-15,18-19H,7-12H2,1-2H3. The number of rotatable bonds is 6. The Kier molecular flexibility index (Phi) is 5.21. The molecule has 2 aromatic heterocycles. The number of nitrogens with zero attached hydrogens (tertiary/aromatic N) is 5. The molecule has 2 fully saturated rings. The summed E-state index contributed by atoms with van der Waals surface area (Å²) < 4.78 is 10.7. The van der Waals surface area contributed by atoms with Crippen molar-refractivity contribution >= 4 is 11.9 Å². The van der Waals surface area contributed by atoms with Crippen molar-refractivity contribution in [3.8, 4) is 11.3 Å². The largest absolute Gasteiger partial charge is 0.444 e. The highest BCUT2D eigenvalue weighted by Gasteiger charge is 2.39. The Hall–Kier alpha value is -3.16. The van der Waals surface area contributed by atoms with Gasteiger partial charge in [0.2, 0.25) is 5.89 Å². The van der Waals surface area contributed by atoms with E-state index in [-0.39, 0.29) is 17.9 Å². The van der Waals surface area contributed by atoms with Crippen LogP contribution in [0, 0.1) is 0 Å². The molecule has 162 valence electrons. The molecule has 2 aliphatic rings. The summed E-state index contributed by atoms with van der Waals surface area (Å²) in [6.07, 6.45) is 7.08. The van der Waals surface area contributed by atoms with Crippen molar-refractivity contribution < 1.29 is 13.7 Å². The number of carbonyl (C=O) groups is 1. The molecule has 0 N–H and O–H groups in total. The summed E-state index contributed by atoms with van der Waals surface area (Å²) in [5.41, 5.74) is 1.64. The van der Waals surface area contributed by atoms with E-state index < -0.39 is 0 Å². The van der Waals surface area contributed by atoms with Gasteiger partial charge in [0, 0.05) is 42.2 Å². The topological polar surface area (TPSA) is 88.5 Å². The maximum atomic E-state index is 13.4. The molecule has 1 saturated carbocycles. The van der Waals surface area contributed by atoms with Crippen molar-refractivity contribution in [3.05, 3.63) is 48.3 Å². The Morgan fingerprint density at radius 3 is 2.39 bits per heavy atom. The van der Waals surface area contributed by atoms with Gasteiger partial charge in [-0.25, -0.2) is 4.98 Å². The number of benzene rings is 1. The monoisotopic (exact) mass is 421 g/mol. The molecule has 5 rings (SSSR count). The predicted octanol–water partition coefficient (Wildman–Crippen LogP) is 4.12. The highest BCUT2D eigenvalue weighted by molar-refractivity contribution is 5.95. The lowest BCUT2D eigenvalue weighted by atomic mass is 10.0. The lowest BCUT2D eigenvalue weighted by molar-refractivity contribution is 0.0630. The zero-order valence-corrected chi connectivity index (χ0v) is 17.9. The van der Waals surface area contributed by atoms with Gasteiger partial charge in [-0.2, -0.15) is 4.98 Å². The van der Waals surface area contributed by atoms with E-state index in [1.165, 1.54) is 6.39 Å². The Morgan fingerprint density at radius 2 is 1.81 bits per heavy atom. The minimum absolute atomic E-state index is 0.117. The van der Waals surface area contributed by atoms with Crippen LogP contribution in [0.3, 0.4) is 0 Å². The van der Waals surface area contributed by atoms with Crippen molar-refractivity contribution in [3.63, 3.8) is 0 Å². The number of aromatic nitrogens is 3. The van der Waals surface area contributed by atoms with Crippen LogP contribution in [0.2, 0.25) is 0 Å². The number of oxazole rings is 1. The smallest absolute Gasteiger partial charge is 0.266 e. The van der Waals surface area contributed by atoms with Gasteiger partial charge in [-0.05, 0) is 43.0 Å². The Morgan fingerprint density at radius 1 is 1.10 bits per heavy atom. The van der Waals surface area contributed by atoms with Crippen molar-refractivity contribution in [1.29, 1.82) is 0 Å². The molecule has 3 aromatic rings. The van der Waals surface area contributed by atoms with Gasteiger partial charge in [0.05, 0.1) is 6.20 Å². The molecular weight excluding hydrogens is 394 g/mol. The maximum absolute atomic E-state index is 13.4. The van der Waals surface area contributed by atoms with Gasteiger partial charge in [0.15, 0.2) is 12.2 Å². The third kappa shape index (κ3) is 4.06. The van der Waals surface area contributed by atoms with Crippen molar-refractivity contribution in [2.45, 2.75) is 57.5 Å². The fraction of sp³-hybridized carbons (Fsp3) is 0.478. The van der Waals surface area contributed by atoms with E-state index in [9.17, 15) is 4.79 Å². The van der Waals surface area contributed by atoms with E-state index >= 15 is 0 Å². The molecule has 1 amide bonds. The SMILES string of the molecule is CC(C)c1nc(N2CCC(N(C(=O)c3ccc(-c4cnco4)cc3)C3CC3)CC2)no1. The fourth-order valence-corrected chi connectivity index (χ4v) is 4.20. The minimum atomic E-state index is 0.117. The van der Waals surface area contributed by atoms with Crippen LogP contribution in [-0.2, 0) is 0 Å². The first-order valence-electron chi connectivity index (χ1n) is 11.0. The molecule has 8 nitrogen and oxygen atoms in total. The molecule has 1 aliphatic heterocycles. The second kappa shape index (κ2) is 8.17.